The number of aromatic amines is 1. The van der Waals surface area contributed by atoms with E-state index < -0.39 is 12.1 Å². The molecule has 0 spiro atoms. The Morgan fingerprint density at radius 2 is 2.24 bits per heavy atom. The molecule has 1 saturated heterocycles. The van der Waals surface area contributed by atoms with Gasteiger partial charge >= 0.3 is 0 Å². The molecule has 25 heavy (non-hydrogen) atoms. The third-order valence-electron chi connectivity index (χ3n) is 3.90. The summed E-state index contributed by atoms with van der Waals surface area (Å²) in [7, 11) is 0. The smallest absolute Gasteiger partial charge is 0.279 e. The monoisotopic (exact) mass is 364 g/mol. The van der Waals surface area contributed by atoms with Crippen molar-refractivity contribution in [1.29, 1.82) is 5.41 Å². The van der Waals surface area contributed by atoms with Crippen molar-refractivity contribution in [3.05, 3.63) is 30.5 Å². The van der Waals surface area contributed by atoms with Crippen molar-refractivity contribution in [1.82, 2.24) is 19.9 Å². The summed E-state index contributed by atoms with van der Waals surface area (Å²) in [4.78, 5) is 17.9. The number of thiol groups is 1. The molecule has 1 unspecified atom stereocenters. The number of nitrogens with one attached hydrogen (secondary N) is 2. The zero-order valence-electron chi connectivity index (χ0n) is 13.4. The average molecular weight is 364 g/mol. The van der Waals surface area contributed by atoms with Crippen molar-refractivity contribution in [2.24, 2.45) is 0 Å². The maximum absolute atomic E-state index is 12.3. The van der Waals surface area contributed by atoms with Gasteiger partial charge in [-0.2, -0.15) is 12.6 Å². The topological polar surface area (TPSA) is 81.6 Å². The van der Waals surface area contributed by atoms with Gasteiger partial charge < -0.3 is 9.88 Å². The molecule has 3 rings (SSSR count). The number of allylic oxidation sites excluding steroid dienone is 1. The van der Waals surface area contributed by atoms with Gasteiger partial charge in [0.05, 0.1) is 23.3 Å². The fourth-order valence-electron chi connectivity index (χ4n) is 2.62. The highest BCUT2D eigenvalue weighted by Crippen LogP contribution is 2.23. The van der Waals surface area contributed by atoms with Gasteiger partial charge in [0.2, 0.25) is 0 Å². The summed E-state index contributed by atoms with van der Waals surface area (Å²) in [5.74, 6) is 1.21. The number of hydrogen-bond donors (Lipinski definition) is 3. The maximum atomic E-state index is 12.3. The van der Waals surface area contributed by atoms with Crippen LogP contribution in [-0.2, 0) is 0 Å². The molecule has 3 heterocycles. The van der Waals surface area contributed by atoms with Crippen LogP contribution in [0.4, 0.5) is 14.6 Å². The zero-order valence-corrected chi connectivity index (χ0v) is 14.3. The molecule has 1 atom stereocenters. The predicted octanol–water partition coefficient (Wildman–Crippen LogP) is 3.06. The largest absolute Gasteiger partial charge is 0.355 e. The standard InChI is InChI=1S/C16H18F2N6S/c17-16(18)11(19)3-4-14-20-7-13(23-14)12-6-15(22-9-21-12)24-5-1-2-10(25)8-24/h3-4,6-7,9-10,16,19,25H,1-2,5,8H2,(H,20,23)/b4-3-,19-11?. The third kappa shape index (κ3) is 4.41. The molecule has 1 fully saturated rings. The van der Waals surface area contributed by atoms with Crippen LogP contribution in [-0.4, -0.2) is 50.4 Å². The molecule has 0 amide bonds. The molecule has 9 heteroatoms. The van der Waals surface area contributed by atoms with Crippen molar-refractivity contribution < 1.29 is 8.78 Å². The van der Waals surface area contributed by atoms with Crippen LogP contribution in [0.2, 0.25) is 0 Å². The number of hydrogen-bond acceptors (Lipinski definition) is 6. The van der Waals surface area contributed by atoms with Crippen LogP contribution in [0.25, 0.3) is 17.5 Å². The van der Waals surface area contributed by atoms with Crippen molar-refractivity contribution >= 4 is 30.2 Å². The highest BCUT2D eigenvalue weighted by molar-refractivity contribution is 7.81. The third-order valence-corrected chi connectivity index (χ3v) is 4.32. The Bertz CT molecular complexity index is 775. The van der Waals surface area contributed by atoms with Gasteiger partial charge in [-0.3, -0.25) is 5.41 Å². The Morgan fingerprint density at radius 3 is 3.00 bits per heavy atom. The van der Waals surface area contributed by atoms with Gasteiger partial charge in [-0.25, -0.2) is 23.7 Å². The second-order valence-electron chi connectivity index (χ2n) is 5.77. The van der Waals surface area contributed by atoms with Gasteiger partial charge in [0.1, 0.15) is 18.0 Å². The summed E-state index contributed by atoms with van der Waals surface area (Å²) in [6.45, 7) is 1.77. The minimum absolute atomic E-state index is 0.334. The quantitative estimate of drug-likeness (QED) is 0.563. The number of halogens is 2. The van der Waals surface area contributed by atoms with Crippen LogP contribution in [0.5, 0.6) is 0 Å². The summed E-state index contributed by atoms with van der Waals surface area (Å²) in [6.07, 6.45) is 4.82. The fraction of sp³-hybridized carbons (Fsp3) is 0.375. The molecular formula is C16H18F2N6S. The van der Waals surface area contributed by atoms with E-state index in [0.717, 1.165) is 37.8 Å². The number of piperidine rings is 1. The number of alkyl halides is 2. The average Bonchev–Trinajstić information content (AvgIpc) is 3.09. The first kappa shape index (κ1) is 17.5. The molecule has 0 radical (unpaired) electrons. The van der Waals surface area contributed by atoms with Gasteiger partial charge in [-0.1, -0.05) is 0 Å². The molecule has 1 aliphatic rings. The SMILES string of the molecule is N=C(/C=C\c1ncc(-c2cc(N3CCCC(S)C3)ncn2)[nH]1)C(F)F. The predicted molar refractivity (Wildman–Crippen MR) is 96.6 cm³/mol. The van der Waals surface area contributed by atoms with Gasteiger partial charge in [0.15, 0.2) is 0 Å². The van der Waals surface area contributed by atoms with Gasteiger partial charge in [0, 0.05) is 24.4 Å². The summed E-state index contributed by atoms with van der Waals surface area (Å²) in [5, 5.41) is 7.45. The van der Waals surface area contributed by atoms with E-state index in [-0.39, 0.29) is 0 Å². The number of aromatic nitrogens is 4. The summed E-state index contributed by atoms with van der Waals surface area (Å²) in [5.41, 5.74) is 0.572. The van der Waals surface area contributed by atoms with Crippen LogP contribution in [0.15, 0.2) is 24.7 Å². The molecule has 0 bridgehead atoms. The fourth-order valence-corrected chi connectivity index (χ4v) is 3.00. The number of H-pyrrole nitrogens is 1. The minimum Gasteiger partial charge on any atom is -0.355 e. The second-order valence-corrected chi connectivity index (χ2v) is 6.51. The van der Waals surface area contributed by atoms with Gasteiger partial charge in [-0.15, -0.1) is 0 Å². The molecule has 2 N–H and O–H groups in total. The van der Waals surface area contributed by atoms with E-state index in [1.54, 1.807) is 6.20 Å². The lowest BCUT2D eigenvalue weighted by Gasteiger charge is -2.31. The molecule has 1 aliphatic heterocycles. The summed E-state index contributed by atoms with van der Waals surface area (Å²) in [6, 6.07) is 1.87. The minimum atomic E-state index is -2.80. The van der Waals surface area contributed by atoms with E-state index in [4.69, 9.17) is 5.41 Å². The number of imidazole rings is 1. The zero-order chi connectivity index (χ0) is 17.8. The highest BCUT2D eigenvalue weighted by Gasteiger charge is 2.19. The highest BCUT2D eigenvalue weighted by atomic mass is 32.1. The first-order chi connectivity index (χ1) is 12.0. The first-order valence-corrected chi connectivity index (χ1v) is 8.39. The molecule has 0 saturated carbocycles. The van der Waals surface area contributed by atoms with E-state index in [1.807, 2.05) is 6.07 Å². The van der Waals surface area contributed by atoms with Crippen molar-refractivity contribution in [3.63, 3.8) is 0 Å². The van der Waals surface area contributed by atoms with E-state index in [1.165, 1.54) is 12.4 Å². The molecule has 0 aromatic carbocycles. The van der Waals surface area contributed by atoms with Crippen LogP contribution < -0.4 is 4.90 Å². The van der Waals surface area contributed by atoms with E-state index in [9.17, 15) is 8.78 Å². The lowest BCUT2D eigenvalue weighted by molar-refractivity contribution is 0.226. The summed E-state index contributed by atoms with van der Waals surface area (Å²) >= 11 is 4.54. The van der Waals surface area contributed by atoms with Crippen molar-refractivity contribution in [2.75, 3.05) is 18.0 Å². The number of nitrogens with zero attached hydrogens (tertiary/aromatic N) is 4. The summed E-state index contributed by atoms with van der Waals surface area (Å²) < 4.78 is 24.6. The Kier molecular flexibility index (Phi) is 5.42. The normalized spacial score (nSPS) is 18.2. The molecular weight excluding hydrogens is 346 g/mol. The van der Waals surface area contributed by atoms with Crippen LogP contribution in [0.1, 0.15) is 18.7 Å². The van der Waals surface area contributed by atoms with Gasteiger partial charge in [0.25, 0.3) is 6.43 Å². The van der Waals surface area contributed by atoms with Crippen LogP contribution in [0, 0.1) is 5.41 Å². The Balaban J connectivity index is 1.76. The number of anilines is 1. The van der Waals surface area contributed by atoms with E-state index in [0.29, 0.717) is 22.5 Å². The van der Waals surface area contributed by atoms with Crippen LogP contribution in [0.3, 0.4) is 0 Å². The lowest BCUT2D eigenvalue weighted by atomic mass is 10.1. The Hall–Kier alpha value is -2.29. The van der Waals surface area contributed by atoms with E-state index in [2.05, 4.69) is 37.5 Å². The van der Waals surface area contributed by atoms with E-state index >= 15 is 0 Å². The molecule has 132 valence electrons. The van der Waals surface area contributed by atoms with Crippen molar-refractivity contribution in [3.8, 4) is 11.4 Å². The Morgan fingerprint density at radius 1 is 1.40 bits per heavy atom. The molecule has 2 aromatic heterocycles. The molecule has 0 aliphatic carbocycles. The first-order valence-electron chi connectivity index (χ1n) is 7.88. The van der Waals surface area contributed by atoms with Crippen molar-refractivity contribution in [2.45, 2.75) is 24.5 Å². The second kappa shape index (κ2) is 7.73. The Labute approximate surface area is 149 Å². The molecule has 2 aromatic rings. The van der Waals surface area contributed by atoms with Crippen LogP contribution >= 0.6 is 12.6 Å². The maximum Gasteiger partial charge on any atom is 0.279 e. The molecule has 6 nitrogen and oxygen atoms in total. The van der Waals surface area contributed by atoms with Gasteiger partial charge in [-0.05, 0) is 25.0 Å². The lowest BCUT2D eigenvalue weighted by Crippen LogP contribution is -2.36. The number of rotatable bonds is 5.